The first-order valence-corrected chi connectivity index (χ1v) is 10.8. The maximum Gasteiger partial charge on any atom is 0.243 e. The minimum absolute atomic E-state index is 0.111. The Kier molecular flexibility index (Phi) is 4.25. The van der Waals surface area contributed by atoms with Crippen LogP contribution in [0.1, 0.15) is 24.7 Å². The maximum atomic E-state index is 12.5. The van der Waals surface area contributed by atoms with Gasteiger partial charge in [0.2, 0.25) is 21.7 Å². The molecule has 1 aliphatic rings. The van der Waals surface area contributed by atoms with Crippen LogP contribution in [0.3, 0.4) is 0 Å². The molecule has 6 nitrogen and oxygen atoms in total. The quantitative estimate of drug-likeness (QED) is 0.692. The molecule has 3 aromatic heterocycles. The molecular weight excluding hydrogens is 366 g/mol. The van der Waals surface area contributed by atoms with Gasteiger partial charge in [0.25, 0.3) is 0 Å². The number of hydrogen-bond acceptors (Lipinski definition) is 7. The highest BCUT2D eigenvalue weighted by atomic mass is 32.2. The van der Waals surface area contributed by atoms with Gasteiger partial charge in [-0.15, -0.1) is 11.3 Å². The predicted octanol–water partition coefficient (Wildman–Crippen LogP) is 3.43. The molecule has 0 bridgehead atoms. The van der Waals surface area contributed by atoms with Gasteiger partial charge in [-0.2, -0.15) is 20.6 Å². The third-order valence-electron chi connectivity index (χ3n) is 4.12. The van der Waals surface area contributed by atoms with Gasteiger partial charge in [0.1, 0.15) is 0 Å². The molecule has 3 aromatic rings. The van der Waals surface area contributed by atoms with E-state index in [1.807, 2.05) is 17.5 Å². The topological polar surface area (TPSA) is 76.3 Å². The maximum absolute atomic E-state index is 12.5. The number of sulfonamides is 1. The van der Waals surface area contributed by atoms with E-state index >= 15 is 0 Å². The van der Waals surface area contributed by atoms with Crippen LogP contribution in [0.2, 0.25) is 0 Å². The third-order valence-corrected chi connectivity index (χ3v) is 7.71. The Labute approximate surface area is 147 Å². The van der Waals surface area contributed by atoms with Crippen molar-refractivity contribution < 1.29 is 12.9 Å². The van der Waals surface area contributed by atoms with Crippen molar-refractivity contribution in [3.63, 3.8) is 0 Å². The van der Waals surface area contributed by atoms with Crippen LogP contribution in [0, 0.1) is 0 Å². The second-order valence-electron chi connectivity index (χ2n) is 5.57. The molecule has 0 spiro atoms. The van der Waals surface area contributed by atoms with Crippen LogP contribution in [0.15, 0.2) is 43.8 Å². The molecule has 4 heterocycles. The highest BCUT2D eigenvalue weighted by Gasteiger charge is 2.32. The van der Waals surface area contributed by atoms with Crippen LogP contribution in [0.25, 0.3) is 10.7 Å². The van der Waals surface area contributed by atoms with Crippen LogP contribution < -0.4 is 0 Å². The molecule has 1 fully saturated rings. The van der Waals surface area contributed by atoms with Gasteiger partial charge >= 0.3 is 0 Å². The number of nitrogens with zero attached hydrogens (tertiary/aromatic N) is 3. The summed E-state index contributed by atoms with van der Waals surface area (Å²) in [6.07, 6.45) is 1.38. The van der Waals surface area contributed by atoms with Crippen molar-refractivity contribution >= 4 is 32.7 Å². The van der Waals surface area contributed by atoms with Gasteiger partial charge in [-0.25, -0.2) is 8.42 Å². The monoisotopic (exact) mass is 381 g/mol. The Balaban J connectivity index is 1.45. The van der Waals surface area contributed by atoms with Crippen LogP contribution in [0.4, 0.5) is 0 Å². The lowest BCUT2D eigenvalue weighted by Gasteiger charge is -2.29. The van der Waals surface area contributed by atoms with Crippen molar-refractivity contribution in [2.75, 3.05) is 13.1 Å². The normalized spacial score (nSPS) is 17.3. The summed E-state index contributed by atoms with van der Waals surface area (Å²) >= 11 is 2.96. The van der Waals surface area contributed by atoms with E-state index in [0.717, 1.165) is 4.88 Å². The molecule has 0 radical (unpaired) electrons. The van der Waals surface area contributed by atoms with Crippen LogP contribution in [-0.4, -0.2) is 36.0 Å². The van der Waals surface area contributed by atoms with Gasteiger partial charge in [-0.3, -0.25) is 0 Å². The van der Waals surface area contributed by atoms with Crippen molar-refractivity contribution in [2.45, 2.75) is 23.7 Å². The zero-order chi connectivity index (χ0) is 16.6. The molecule has 9 heteroatoms. The number of piperidine rings is 1. The van der Waals surface area contributed by atoms with Crippen LogP contribution >= 0.6 is 22.7 Å². The van der Waals surface area contributed by atoms with E-state index in [1.165, 1.54) is 11.3 Å². The third kappa shape index (κ3) is 2.92. The molecular formula is C15H15N3O3S3. The van der Waals surface area contributed by atoms with Crippen molar-refractivity contribution in [3.05, 3.63) is 40.2 Å². The zero-order valence-electron chi connectivity index (χ0n) is 12.7. The Hall–Kier alpha value is -1.55. The van der Waals surface area contributed by atoms with Crippen LogP contribution in [-0.2, 0) is 10.0 Å². The standard InChI is InChI=1S/C15H15N3O3S3/c19-24(20,12-5-9-22-10-12)18-6-3-11(4-7-18)15-16-14(17-21-15)13-2-1-8-23-13/h1-2,5,8-11H,3-4,6-7H2. The van der Waals surface area contributed by atoms with E-state index in [1.54, 1.807) is 32.5 Å². The highest BCUT2D eigenvalue weighted by molar-refractivity contribution is 7.89. The fraction of sp³-hybridized carbons (Fsp3) is 0.333. The average Bonchev–Trinajstić information content (AvgIpc) is 3.36. The molecule has 0 amide bonds. The van der Waals surface area contributed by atoms with Crippen molar-refractivity contribution in [1.29, 1.82) is 0 Å². The summed E-state index contributed by atoms with van der Waals surface area (Å²) < 4.78 is 32.0. The number of thiophene rings is 2. The second-order valence-corrected chi connectivity index (χ2v) is 9.24. The number of hydrogen-bond donors (Lipinski definition) is 0. The fourth-order valence-electron chi connectivity index (χ4n) is 2.80. The smallest absolute Gasteiger partial charge is 0.243 e. The second kappa shape index (κ2) is 6.40. The van der Waals surface area contributed by atoms with E-state index in [-0.39, 0.29) is 5.92 Å². The lowest BCUT2D eigenvalue weighted by molar-refractivity contribution is 0.271. The van der Waals surface area contributed by atoms with Gasteiger partial charge in [0.15, 0.2) is 0 Å². The molecule has 4 rings (SSSR count). The molecule has 0 aromatic carbocycles. The summed E-state index contributed by atoms with van der Waals surface area (Å²) in [5.74, 6) is 1.32. The lowest BCUT2D eigenvalue weighted by atomic mass is 9.98. The van der Waals surface area contributed by atoms with E-state index < -0.39 is 10.0 Å². The molecule has 0 saturated carbocycles. The molecule has 0 atom stereocenters. The van der Waals surface area contributed by atoms with Gasteiger partial charge in [0, 0.05) is 24.4 Å². The van der Waals surface area contributed by atoms with Gasteiger partial charge < -0.3 is 4.52 Å². The molecule has 126 valence electrons. The van der Waals surface area contributed by atoms with Gasteiger partial charge in [-0.05, 0) is 35.7 Å². The summed E-state index contributed by atoms with van der Waals surface area (Å²) in [5, 5.41) is 9.46. The molecule has 0 N–H and O–H groups in total. The van der Waals surface area contributed by atoms with Crippen molar-refractivity contribution in [2.24, 2.45) is 0 Å². The summed E-state index contributed by atoms with van der Waals surface area (Å²) in [6.45, 7) is 0.944. The summed E-state index contributed by atoms with van der Waals surface area (Å²) in [7, 11) is -3.38. The molecule has 0 aliphatic carbocycles. The first-order chi connectivity index (χ1) is 11.6. The highest BCUT2D eigenvalue weighted by Crippen LogP contribution is 2.32. The molecule has 1 aliphatic heterocycles. The van der Waals surface area contributed by atoms with E-state index in [0.29, 0.717) is 42.5 Å². The van der Waals surface area contributed by atoms with E-state index in [2.05, 4.69) is 10.1 Å². The van der Waals surface area contributed by atoms with Gasteiger partial charge in [0.05, 0.1) is 9.77 Å². The summed E-state index contributed by atoms with van der Waals surface area (Å²) in [6, 6.07) is 5.55. The SMILES string of the molecule is O=S(=O)(c1ccsc1)N1CCC(c2nc(-c3cccs3)no2)CC1. The first kappa shape index (κ1) is 15.9. The molecule has 24 heavy (non-hydrogen) atoms. The number of aromatic nitrogens is 2. The summed E-state index contributed by atoms with van der Waals surface area (Å²) in [5.41, 5.74) is 0. The zero-order valence-corrected chi connectivity index (χ0v) is 15.1. The first-order valence-electron chi connectivity index (χ1n) is 7.54. The van der Waals surface area contributed by atoms with Crippen molar-refractivity contribution in [1.82, 2.24) is 14.4 Å². The fourth-order valence-corrected chi connectivity index (χ4v) is 5.93. The molecule has 0 unspecified atom stereocenters. The lowest BCUT2D eigenvalue weighted by Crippen LogP contribution is -2.37. The van der Waals surface area contributed by atoms with E-state index in [9.17, 15) is 8.42 Å². The predicted molar refractivity (Wildman–Crippen MR) is 92.7 cm³/mol. The number of rotatable bonds is 4. The Morgan fingerprint density at radius 3 is 2.71 bits per heavy atom. The Bertz CT molecular complexity index is 893. The minimum Gasteiger partial charge on any atom is -0.339 e. The van der Waals surface area contributed by atoms with Crippen molar-refractivity contribution in [3.8, 4) is 10.7 Å². The van der Waals surface area contributed by atoms with E-state index in [4.69, 9.17) is 4.52 Å². The van der Waals surface area contributed by atoms with Crippen LogP contribution in [0.5, 0.6) is 0 Å². The summed E-state index contributed by atoms with van der Waals surface area (Å²) in [4.78, 5) is 5.83. The average molecular weight is 382 g/mol. The Morgan fingerprint density at radius 2 is 2.04 bits per heavy atom. The van der Waals surface area contributed by atoms with Gasteiger partial charge in [-0.1, -0.05) is 11.2 Å². The minimum atomic E-state index is -3.38. The largest absolute Gasteiger partial charge is 0.339 e. The Morgan fingerprint density at radius 1 is 1.21 bits per heavy atom. The molecule has 1 saturated heterocycles.